The molecule has 0 aromatic heterocycles. The Morgan fingerprint density at radius 1 is 1.13 bits per heavy atom. The van der Waals surface area contributed by atoms with Crippen molar-refractivity contribution in [1.82, 2.24) is 4.90 Å². The Labute approximate surface area is 185 Å². The number of hydrogen-bond acceptors (Lipinski definition) is 5. The fourth-order valence-corrected chi connectivity index (χ4v) is 3.91. The molecule has 31 heavy (non-hydrogen) atoms. The van der Waals surface area contributed by atoms with Crippen LogP contribution >= 0.6 is 11.6 Å². The molecule has 1 N–H and O–H groups in total. The Morgan fingerprint density at radius 2 is 1.84 bits per heavy atom. The summed E-state index contributed by atoms with van der Waals surface area (Å²) in [6.45, 7) is 6.30. The van der Waals surface area contributed by atoms with Gasteiger partial charge < -0.3 is 15.1 Å². The van der Waals surface area contributed by atoms with E-state index in [1.54, 1.807) is 19.1 Å². The van der Waals surface area contributed by atoms with Crippen molar-refractivity contribution in [1.29, 1.82) is 0 Å². The summed E-state index contributed by atoms with van der Waals surface area (Å²) >= 11 is 6.47. The Bertz CT molecular complexity index is 1000. The van der Waals surface area contributed by atoms with Crippen LogP contribution in [0.4, 0.5) is 17.1 Å². The number of carbonyl (C=O) groups is 2. The highest BCUT2D eigenvalue weighted by atomic mass is 35.5. The average Bonchev–Trinajstić information content (AvgIpc) is 2.74. The molecule has 1 fully saturated rings. The molecule has 9 heteroatoms. The number of nitrogens with zero attached hydrogens (tertiary/aromatic N) is 3. The second-order valence-electron chi connectivity index (χ2n) is 7.50. The number of amides is 2. The van der Waals surface area contributed by atoms with Gasteiger partial charge in [-0.05, 0) is 43.7 Å². The van der Waals surface area contributed by atoms with E-state index >= 15 is 0 Å². The maximum atomic E-state index is 12.5. The molecule has 3 rings (SSSR count). The van der Waals surface area contributed by atoms with Crippen molar-refractivity contribution in [3.8, 4) is 0 Å². The summed E-state index contributed by atoms with van der Waals surface area (Å²) in [6, 6.07) is 9.54. The maximum absolute atomic E-state index is 12.5. The van der Waals surface area contributed by atoms with Gasteiger partial charge in [0.1, 0.15) is 0 Å². The summed E-state index contributed by atoms with van der Waals surface area (Å²) in [5, 5.41) is 14.2. The van der Waals surface area contributed by atoms with Gasteiger partial charge in [0.15, 0.2) is 0 Å². The Morgan fingerprint density at radius 3 is 2.42 bits per heavy atom. The number of benzene rings is 2. The van der Waals surface area contributed by atoms with Crippen LogP contribution in [0, 0.1) is 17.0 Å². The first-order chi connectivity index (χ1) is 14.8. The predicted octanol–water partition coefficient (Wildman–Crippen LogP) is 4.26. The zero-order valence-electron chi connectivity index (χ0n) is 17.6. The Balaban J connectivity index is 1.65. The first-order valence-corrected chi connectivity index (χ1v) is 10.6. The van der Waals surface area contributed by atoms with Crippen LogP contribution in [-0.2, 0) is 4.79 Å². The van der Waals surface area contributed by atoms with Crippen LogP contribution in [0.5, 0.6) is 0 Å². The van der Waals surface area contributed by atoms with Gasteiger partial charge in [0, 0.05) is 55.5 Å². The third-order valence-electron chi connectivity index (χ3n) is 5.30. The molecule has 164 valence electrons. The fraction of sp³-hybridized carbons (Fsp3) is 0.364. The standard InChI is InChI=1S/C22H25ClN4O4/c1-3-4-21(28)26-11-9-25(10-12-26)20-8-6-17(14-18(20)23)24-22(29)16-5-7-19(27(30)31)15(2)13-16/h5-8,13-14H,3-4,9-12H2,1-2H3,(H,24,29). The number of rotatable bonds is 6. The van der Waals surface area contributed by atoms with Crippen LogP contribution in [-0.4, -0.2) is 47.8 Å². The summed E-state index contributed by atoms with van der Waals surface area (Å²) in [5.74, 6) is -0.183. The summed E-state index contributed by atoms with van der Waals surface area (Å²) in [5.41, 5.74) is 2.11. The second kappa shape index (κ2) is 9.78. The van der Waals surface area contributed by atoms with E-state index in [2.05, 4.69) is 10.2 Å². The van der Waals surface area contributed by atoms with E-state index < -0.39 is 4.92 Å². The molecule has 1 saturated heterocycles. The number of carbonyl (C=O) groups excluding carboxylic acids is 2. The number of piperazine rings is 1. The third-order valence-corrected chi connectivity index (χ3v) is 5.60. The van der Waals surface area contributed by atoms with E-state index in [1.807, 2.05) is 17.9 Å². The number of anilines is 2. The number of nitro benzene ring substituents is 1. The number of nitrogens with one attached hydrogen (secondary N) is 1. The van der Waals surface area contributed by atoms with Crippen molar-refractivity contribution < 1.29 is 14.5 Å². The lowest BCUT2D eigenvalue weighted by atomic mass is 10.1. The molecule has 0 atom stereocenters. The van der Waals surface area contributed by atoms with Gasteiger partial charge in [0.25, 0.3) is 11.6 Å². The van der Waals surface area contributed by atoms with Crippen molar-refractivity contribution >= 4 is 40.5 Å². The number of nitro groups is 1. The molecule has 0 unspecified atom stereocenters. The lowest BCUT2D eigenvalue weighted by Crippen LogP contribution is -2.48. The molecule has 2 amide bonds. The molecule has 1 aliphatic heterocycles. The normalized spacial score (nSPS) is 13.8. The molecule has 0 saturated carbocycles. The van der Waals surface area contributed by atoms with Gasteiger partial charge in [-0.25, -0.2) is 0 Å². The molecule has 2 aromatic carbocycles. The minimum Gasteiger partial charge on any atom is -0.367 e. The van der Waals surface area contributed by atoms with E-state index in [0.29, 0.717) is 54.4 Å². The van der Waals surface area contributed by atoms with Crippen molar-refractivity contribution in [2.45, 2.75) is 26.7 Å². The summed E-state index contributed by atoms with van der Waals surface area (Å²) in [6.07, 6.45) is 1.42. The zero-order chi connectivity index (χ0) is 22.5. The number of aryl methyl sites for hydroxylation is 1. The quantitative estimate of drug-likeness (QED) is 0.530. The first-order valence-electron chi connectivity index (χ1n) is 10.2. The van der Waals surface area contributed by atoms with E-state index in [0.717, 1.165) is 12.1 Å². The van der Waals surface area contributed by atoms with Gasteiger partial charge in [-0.3, -0.25) is 19.7 Å². The highest BCUT2D eigenvalue weighted by Gasteiger charge is 2.22. The fourth-order valence-electron chi connectivity index (χ4n) is 3.61. The third kappa shape index (κ3) is 5.32. The highest BCUT2D eigenvalue weighted by molar-refractivity contribution is 6.33. The summed E-state index contributed by atoms with van der Waals surface area (Å²) in [4.78, 5) is 39.1. The number of halogens is 1. The molecule has 0 bridgehead atoms. The molecule has 8 nitrogen and oxygen atoms in total. The predicted molar refractivity (Wildman–Crippen MR) is 121 cm³/mol. The van der Waals surface area contributed by atoms with Gasteiger partial charge in [-0.1, -0.05) is 18.5 Å². The summed E-state index contributed by atoms with van der Waals surface area (Å²) < 4.78 is 0. The van der Waals surface area contributed by atoms with Crippen LogP contribution in [0.3, 0.4) is 0 Å². The van der Waals surface area contributed by atoms with Gasteiger partial charge in [0.2, 0.25) is 5.91 Å². The van der Waals surface area contributed by atoms with Crippen molar-refractivity contribution in [3.05, 3.63) is 62.7 Å². The van der Waals surface area contributed by atoms with Crippen molar-refractivity contribution in [3.63, 3.8) is 0 Å². The topological polar surface area (TPSA) is 95.8 Å². The first kappa shape index (κ1) is 22.6. The maximum Gasteiger partial charge on any atom is 0.272 e. The van der Waals surface area contributed by atoms with E-state index in [-0.39, 0.29) is 17.5 Å². The van der Waals surface area contributed by atoms with E-state index in [1.165, 1.54) is 18.2 Å². The summed E-state index contributed by atoms with van der Waals surface area (Å²) in [7, 11) is 0. The van der Waals surface area contributed by atoms with Crippen LogP contribution in [0.1, 0.15) is 35.7 Å². The largest absolute Gasteiger partial charge is 0.367 e. The molecular formula is C22H25ClN4O4. The van der Waals surface area contributed by atoms with Crippen LogP contribution < -0.4 is 10.2 Å². The highest BCUT2D eigenvalue weighted by Crippen LogP contribution is 2.30. The van der Waals surface area contributed by atoms with E-state index in [4.69, 9.17) is 11.6 Å². The van der Waals surface area contributed by atoms with E-state index in [9.17, 15) is 19.7 Å². The molecule has 0 radical (unpaired) electrons. The molecule has 2 aromatic rings. The lowest BCUT2D eigenvalue weighted by molar-refractivity contribution is -0.385. The van der Waals surface area contributed by atoms with Gasteiger partial charge in [0.05, 0.1) is 15.6 Å². The van der Waals surface area contributed by atoms with Crippen molar-refractivity contribution in [2.75, 3.05) is 36.4 Å². The zero-order valence-corrected chi connectivity index (χ0v) is 18.3. The van der Waals surface area contributed by atoms with Crippen LogP contribution in [0.25, 0.3) is 0 Å². The van der Waals surface area contributed by atoms with Gasteiger partial charge >= 0.3 is 0 Å². The SMILES string of the molecule is CCCC(=O)N1CCN(c2ccc(NC(=O)c3ccc([N+](=O)[O-])c(C)c3)cc2Cl)CC1. The lowest BCUT2D eigenvalue weighted by Gasteiger charge is -2.36. The molecular weight excluding hydrogens is 420 g/mol. The molecule has 0 aliphatic carbocycles. The van der Waals surface area contributed by atoms with Crippen LogP contribution in [0.2, 0.25) is 5.02 Å². The number of hydrogen-bond donors (Lipinski definition) is 1. The minimum absolute atomic E-state index is 0.0274. The smallest absolute Gasteiger partial charge is 0.272 e. The Kier molecular flexibility index (Phi) is 7.12. The Hall–Kier alpha value is -3.13. The molecule has 1 heterocycles. The molecule has 0 spiro atoms. The second-order valence-corrected chi connectivity index (χ2v) is 7.90. The minimum atomic E-state index is -0.477. The average molecular weight is 445 g/mol. The van der Waals surface area contributed by atoms with Crippen molar-refractivity contribution in [2.24, 2.45) is 0 Å². The van der Waals surface area contributed by atoms with Crippen LogP contribution in [0.15, 0.2) is 36.4 Å². The molecule has 1 aliphatic rings. The van der Waals surface area contributed by atoms with Gasteiger partial charge in [-0.2, -0.15) is 0 Å². The monoisotopic (exact) mass is 444 g/mol. The van der Waals surface area contributed by atoms with Gasteiger partial charge in [-0.15, -0.1) is 0 Å².